The lowest BCUT2D eigenvalue weighted by Gasteiger charge is -2.23. The van der Waals surface area contributed by atoms with Gasteiger partial charge in [-0.1, -0.05) is 29.8 Å². The van der Waals surface area contributed by atoms with Gasteiger partial charge in [0, 0.05) is 12.3 Å². The third-order valence-electron chi connectivity index (χ3n) is 5.26. The van der Waals surface area contributed by atoms with E-state index in [0.717, 1.165) is 27.9 Å². The summed E-state index contributed by atoms with van der Waals surface area (Å²) in [6, 6.07) is 11.3. The summed E-state index contributed by atoms with van der Waals surface area (Å²) in [7, 11) is 0. The Kier molecular flexibility index (Phi) is 6.83. The third kappa shape index (κ3) is 5.20. The Balaban J connectivity index is 1.43. The van der Waals surface area contributed by atoms with Crippen molar-refractivity contribution in [3.8, 4) is 0 Å². The Hall–Kier alpha value is -3.85. The number of benzene rings is 2. The molecule has 0 bridgehead atoms. The van der Waals surface area contributed by atoms with Crippen LogP contribution in [0, 0.1) is 20.8 Å². The van der Waals surface area contributed by atoms with Gasteiger partial charge < -0.3 is 4.74 Å². The second-order valence-electron chi connectivity index (χ2n) is 8.09. The second kappa shape index (κ2) is 9.96. The van der Waals surface area contributed by atoms with Gasteiger partial charge in [-0.3, -0.25) is 9.69 Å². The number of aromatic nitrogens is 4. The maximum absolute atomic E-state index is 12.5. The SMILES string of the molecule is CC(=O)N(c1nc(COC(=O)c2ccc(Cn3cncn3)cc2)cs1)c1c(C)cc(C)cc1C. The first-order chi connectivity index (χ1) is 16.3. The predicted molar refractivity (Wildman–Crippen MR) is 130 cm³/mol. The van der Waals surface area contributed by atoms with Crippen LogP contribution in [-0.2, 0) is 22.7 Å². The first-order valence-corrected chi connectivity index (χ1v) is 11.6. The van der Waals surface area contributed by atoms with E-state index in [9.17, 15) is 9.59 Å². The van der Waals surface area contributed by atoms with Crippen LogP contribution in [0.5, 0.6) is 0 Å². The van der Waals surface area contributed by atoms with E-state index in [-0.39, 0.29) is 12.5 Å². The molecule has 0 aliphatic rings. The highest BCUT2D eigenvalue weighted by Crippen LogP contribution is 2.34. The monoisotopic (exact) mass is 475 g/mol. The molecule has 174 valence electrons. The molecule has 2 aromatic carbocycles. The molecule has 9 heteroatoms. The minimum atomic E-state index is -0.435. The fourth-order valence-electron chi connectivity index (χ4n) is 3.85. The smallest absolute Gasteiger partial charge is 0.338 e. The highest BCUT2D eigenvalue weighted by molar-refractivity contribution is 7.14. The van der Waals surface area contributed by atoms with E-state index in [1.54, 1.807) is 33.4 Å². The molecule has 0 saturated heterocycles. The molecule has 34 heavy (non-hydrogen) atoms. The minimum Gasteiger partial charge on any atom is -0.456 e. The van der Waals surface area contributed by atoms with E-state index in [1.807, 2.05) is 45.0 Å². The number of ether oxygens (including phenoxy) is 1. The second-order valence-corrected chi connectivity index (χ2v) is 8.93. The molecule has 0 aliphatic heterocycles. The van der Waals surface area contributed by atoms with E-state index in [2.05, 4.69) is 15.1 Å². The van der Waals surface area contributed by atoms with Gasteiger partial charge in [0.2, 0.25) is 5.91 Å². The van der Waals surface area contributed by atoms with Gasteiger partial charge in [-0.05, 0) is 49.6 Å². The Morgan fingerprint density at radius 3 is 2.41 bits per heavy atom. The van der Waals surface area contributed by atoms with Crippen molar-refractivity contribution in [2.24, 2.45) is 0 Å². The molecule has 0 aliphatic carbocycles. The van der Waals surface area contributed by atoms with Gasteiger partial charge in [0.25, 0.3) is 0 Å². The molecule has 1 amide bonds. The summed E-state index contributed by atoms with van der Waals surface area (Å²) in [5.74, 6) is -0.561. The highest BCUT2D eigenvalue weighted by Gasteiger charge is 2.22. The average Bonchev–Trinajstić information content (AvgIpc) is 3.47. The van der Waals surface area contributed by atoms with Crippen molar-refractivity contribution >= 4 is 34.0 Å². The quantitative estimate of drug-likeness (QED) is 0.358. The predicted octanol–water partition coefficient (Wildman–Crippen LogP) is 4.75. The van der Waals surface area contributed by atoms with Gasteiger partial charge in [-0.2, -0.15) is 5.10 Å². The average molecular weight is 476 g/mol. The fraction of sp³-hybridized carbons (Fsp3) is 0.240. The standard InChI is InChI=1S/C25H25N5O3S/c1-16-9-17(2)23(18(3)10-16)30(19(4)31)25-28-22(13-34-25)12-33-24(32)21-7-5-20(6-8-21)11-29-15-26-14-27-29/h5-10,13-15H,11-12H2,1-4H3. The van der Waals surface area contributed by atoms with Crippen LogP contribution in [0.2, 0.25) is 0 Å². The van der Waals surface area contributed by atoms with Gasteiger partial charge in [0.05, 0.1) is 23.5 Å². The molecule has 0 saturated carbocycles. The maximum Gasteiger partial charge on any atom is 0.338 e. The van der Waals surface area contributed by atoms with Crippen LogP contribution < -0.4 is 4.90 Å². The molecular weight excluding hydrogens is 450 g/mol. The number of carbonyl (C=O) groups is 2. The maximum atomic E-state index is 12.5. The van der Waals surface area contributed by atoms with Crippen LogP contribution in [0.15, 0.2) is 54.4 Å². The first kappa shape index (κ1) is 23.3. The summed E-state index contributed by atoms with van der Waals surface area (Å²) >= 11 is 1.34. The van der Waals surface area contributed by atoms with Crippen LogP contribution in [-0.4, -0.2) is 31.6 Å². The zero-order chi connectivity index (χ0) is 24.2. The minimum absolute atomic E-state index is 0.0215. The molecule has 0 spiro atoms. The van der Waals surface area contributed by atoms with Crippen molar-refractivity contribution in [2.45, 2.75) is 40.8 Å². The van der Waals surface area contributed by atoms with Crippen molar-refractivity contribution in [3.63, 3.8) is 0 Å². The Labute approximate surface area is 201 Å². The number of rotatable bonds is 7. The van der Waals surface area contributed by atoms with Gasteiger partial charge in [-0.15, -0.1) is 11.3 Å². The van der Waals surface area contributed by atoms with E-state index < -0.39 is 5.97 Å². The molecule has 0 N–H and O–H groups in total. The van der Waals surface area contributed by atoms with Crippen molar-refractivity contribution in [1.29, 1.82) is 0 Å². The van der Waals surface area contributed by atoms with Gasteiger partial charge in [0.1, 0.15) is 19.3 Å². The summed E-state index contributed by atoms with van der Waals surface area (Å²) in [5.41, 5.74) is 6.02. The van der Waals surface area contributed by atoms with Crippen LogP contribution in [0.25, 0.3) is 0 Å². The van der Waals surface area contributed by atoms with Gasteiger partial charge in [-0.25, -0.2) is 19.4 Å². The molecule has 8 nitrogen and oxygen atoms in total. The van der Waals surface area contributed by atoms with Crippen molar-refractivity contribution in [2.75, 3.05) is 4.90 Å². The van der Waals surface area contributed by atoms with E-state index in [4.69, 9.17) is 4.74 Å². The number of aryl methyl sites for hydroxylation is 3. The molecule has 0 unspecified atom stereocenters. The number of esters is 1. The molecule has 0 fully saturated rings. The topological polar surface area (TPSA) is 90.2 Å². The number of thiazole rings is 1. The Bertz CT molecular complexity index is 1290. The van der Waals surface area contributed by atoms with Gasteiger partial charge in [0.15, 0.2) is 5.13 Å². The number of anilines is 2. The Morgan fingerprint density at radius 2 is 1.79 bits per heavy atom. The van der Waals surface area contributed by atoms with Gasteiger partial charge >= 0.3 is 5.97 Å². The molecular formula is C25H25N5O3S. The van der Waals surface area contributed by atoms with Crippen LogP contribution in [0.1, 0.15) is 45.2 Å². The number of nitrogens with zero attached hydrogens (tertiary/aromatic N) is 5. The highest BCUT2D eigenvalue weighted by atomic mass is 32.1. The molecule has 4 aromatic rings. The first-order valence-electron chi connectivity index (χ1n) is 10.7. The summed E-state index contributed by atoms with van der Waals surface area (Å²) < 4.78 is 7.16. The summed E-state index contributed by atoms with van der Waals surface area (Å²) in [5, 5.41) is 6.42. The largest absolute Gasteiger partial charge is 0.456 e. The van der Waals surface area contributed by atoms with Crippen LogP contribution in [0.3, 0.4) is 0 Å². The number of carbonyl (C=O) groups excluding carboxylic acids is 2. The third-order valence-corrected chi connectivity index (χ3v) is 6.13. The lowest BCUT2D eigenvalue weighted by Crippen LogP contribution is -2.24. The van der Waals surface area contributed by atoms with E-state index in [1.165, 1.54) is 24.6 Å². The fourth-order valence-corrected chi connectivity index (χ4v) is 4.71. The summed E-state index contributed by atoms with van der Waals surface area (Å²) in [4.78, 5) is 35.1. The molecule has 2 heterocycles. The molecule has 4 rings (SSSR count). The van der Waals surface area contributed by atoms with Crippen LogP contribution in [0.4, 0.5) is 10.8 Å². The van der Waals surface area contributed by atoms with E-state index >= 15 is 0 Å². The molecule has 2 aromatic heterocycles. The number of hydrogen-bond donors (Lipinski definition) is 0. The van der Waals surface area contributed by atoms with Crippen molar-refractivity contribution < 1.29 is 14.3 Å². The van der Waals surface area contributed by atoms with Crippen molar-refractivity contribution in [1.82, 2.24) is 19.7 Å². The van der Waals surface area contributed by atoms with Crippen LogP contribution >= 0.6 is 11.3 Å². The van der Waals surface area contributed by atoms with E-state index in [0.29, 0.717) is 22.9 Å². The number of amides is 1. The molecule has 0 atom stereocenters. The summed E-state index contributed by atoms with van der Waals surface area (Å²) in [6.07, 6.45) is 3.12. The zero-order valence-corrected chi connectivity index (χ0v) is 20.3. The van der Waals surface area contributed by atoms with Crippen molar-refractivity contribution in [3.05, 3.63) is 87.9 Å². The lowest BCUT2D eigenvalue weighted by atomic mass is 10.0. The number of hydrogen-bond acceptors (Lipinski definition) is 7. The lowest BCUT2D eigenvalue weighted by molar-refractivity contribution is -0.115. The normalized spacial score (nSPS) is 10.8. The molecule has 0 radical (unpaired) electrons. The summed E-state index contributed by atoms with van der Waals surface area (Å²) in [6.45, 7) is 8.11. The zero-order valence-electron chi connectivity index (χ0n) is 19.5. The Morgan fingerprint density at radius 1 is 1.09 bits per heavy atom.